The third-order valence-corrected chi connectivity index (χ3v) is 6.47. The molecule has 2 fully saturated rings. The van der Waals surface area contributed by atoms with Gasteiger partial charge in [0.25, 0.3) is 0 Å². The smallest absolute Gasteiger partial charge is 0.246 e. The van der Waals surface area contributed by atoms with Gasteiger partial charge in [0.1, 0.15) is 10.6 Å². The summed E-state index contributed by atoms with van der Waals surface area (Å²) >= 11 is 0. The van der Waals surface area contributed by atoms with Crippen molar-refractivity contribution in [2.75, 3.05) is 40.8 Å². The Hall–Kier alpha value is -1.11. The van der Waals surface area contributed by atoms with Crippen molar-refractivity contribution in [2.45, 2.75) is 4.90 Å². The topological polar surface area (TPSA) is 49.9 Å². The van der Waals surface area contributed by atoms with E-state index in [0.717, 1.165) is 6.54 Å². The molecule has 1 aromatic rings. The van der Waals surface area contributed by atoms with Crippen LogP contribution in [0.5, 0.6) is 5.75 Å². The molecule has 1 aliphatic heterocycles. The number of sulfonamides is 1. The Morgan fingerprint density at radius 1 is 1.24 bits per heavy atom. The molecular formula is C15H22N2O3S. The van der Waals surface area contributed by atoms with E-state index in [2.05, 4.69) is 19.0 Å². The third kappa shape index (κ3) is 2.56. The maximum atomic E-state index is 12.7. The number of fused-ring (bicyclic) bond motifs is 1. The van der Waals surface area contributed by atoms with E-state index >= 15 is 0 Å². The van der Waals surface area contributed by atoms with Crippen LogP contribution in [0.4, 0.5) is 0 Å². The van der Waals surface area contributed by atoms with Crippen LogP contribution in [0.3, 0.4) is 0 Å². The lowest BCUT2D eigenvalue weighted by molar-refractivity contribution is 0.333. The fraction of sp³-hybridized carbons (Fsp3) is 0.600. The summed E-state index contributed by atoms with van der Waals surface area (Å²) in [7, 11) is 2.20. The molecule has 0 N–H and O–H groups in total. The summed E-state index contributed by atoms with van der Waals surface area (Å²) in [6, 6.07) is 6.83. The first-order valence-electron chi connectivity index (χ1n) is 7.23. The van der Waals surface area contributed by atoms with E-state index in [1.54, 1.807) is 28.6 Å². The van der Waals surface area contributed by atoms with Crippen molar-refractivity contribution in [1.29, 1.82) is 0 Å². The number of benzene rings is 1. The second-order valence-corrected chi connectivity index (χ2v) is 8.13. The van der Waals surface area contributed by atoms with Crippen molar-refractivity contribution < 1.29 is 13.2 Å². The van der Waals surface area contributed by atoms with E-state index in [1.807, 2.05) is 0 Å². The Kier molecular flexibility index (Phi) is 3.71. The Bertz CT molecular complexity index is 618. The van der Waals surface area contributed by atoms with Gasteiger partial charge in [-0.15, -0.1) is 0 Å². The van der Waals surface area contributed by atoms with Gasteiger partial charge in [0, 0.05) is 19.6 Å². The molecule has 1 aliphatic carbocycles. The molecule has 0 radical (unpaired) electrons. The molecule has 1 aromatic carbocycles. The van der Waals surface area contributed by atoms with E-state index in [4.69, 9.17) is 4.74 Å². The molecule has 2 aliphatic rings. The van der Waals surface area contributed by atoms with Crippen molar-refractivity contribution in [3.8, 4) is 5.75 Å². The molecule has 5 nitrogen and oxygen atoms in total. The second-order valence-electron chi connectivity index (χ2n) is 6.23. The average Bonchev–Trinajstić information content (AvgIpc) is 2.88. The maximum absolute atomic E-state index is 12.7. The van der Waals surface area contributed by atoms with Crippen LogP contribution in [-0.4, -0.2) is 58.5 Å². The predicted molar refractivity (Wildman–Crippen MR) is 80.8 cm³/mol. The lowest BCUT2D eigenvalue weighted by Gasteiger charge is -2.21. The van der Waals surface area contributed by atoms with E-state index < -0.39 is 10.0 Å². The van der Waals surface area contributed by atoms with Crippen LogP contribution in [0.1, 0.15) is 0 Å². The predicted octanol–water partition coefficient (Wildman–Crippen LogP) is 1.12. The fourth-order valence-corrected chi connectivity index (χ4v) is 5.14. The minimum Gasteiger partial charge on any atom is -0.495 e. The summed E-state index contributed by atoms with van der Waals surface area (Å²) in [6.45, 7) is 2.34. The number of hydrogen-bond acceptors (Lipinski definition) is 4. The molecule has 3 atom stereocenters. The number of hydrogen-bond donors (Lipinski definition) is 0. The van der Waals surface area contributed by atoms with Crippen LogP contribution in [0.2, 0.25) is 0 Å². The molecule has 0 spiro atoms. The van der Waals surface area contributed by atoms with Gasteiger partial charge >= 0.3 is 0 Å². The minimum atomic E-state index is -3.44. The molecule has 1 saturated heterocycles. The quantitative estimate of drug-likeness (QED) is 0.818. The normalized spacial score (nSPS) is 28.7. The monoisotopic (exact) mass is 310 g/mol. The van der Waals surface area contributed by atoms with Crippen LogP contribution in [0, 0.1) is 17.8 Å². The van der Waals surface area contributed by atoms with Gasteiger partial charge in [-0.25, -0.2) is 8.42 Å². The van der Waals surface area contributed by atoms with Crippen LogP contribution < -0.4 is 4.74 Å². The fourth-order valence-electron chi connectivity index (χ4n) is 3.47. The zero-order valence-corrected chi connectivity index (χ0v) is 13.5. The van der Waals surface area contributed by atoms with Crippen molar-refractivity contribution in [3.63, 3.8) is 0 Å². The summed E-state index contributed by atoms with van der Waals surface area (Å²) < 4.78 is 32.3. The molecule has 1 heterocycles. The van der Waals surface area contributed by atoms with Gasteiger partial charge in [0.15, 0.2) is 0 Å². The van der Waals surface area contributed by atoms with Crippen LogP contribution in [0.25, 0.3) is 0 Å². The number of methoxy groups -OCH3 is 1. The van der Waals surface area contributed by atoms with E-state index in [1.165, 1.54) is 7.11 Å². The summed E-state index contributed by atoms with van der Waals surface area (Å²) in [5, 5.41) is 0. The minimum absolute atomic E-state index is 0.276. The lowest BCUT2D eigenvalue weighted by Crippen LogP contribution is -2.33. The van der Waals surface area contributed by atoms with Gasteiger partial charge in [-0.3, -0.25) is 0 Å². The molecule has 0 aromatic heterocycles. The van der Waals surface area contributed by atoms with Gasteiger partial charge < -0.3 is 9.64 Å². The molecule has 6 heteroatoms. The van der Waals surface area contributed by atoms with E-state index in [-0.39, 0.29) is 4.90 Å². The third-order valence-electron chi connectivity index (χ3n) is 4.60. The van der Waals surface area contributed by atoms with Crippen LogP contribution in [0.15, 0.2) is 29.2 Å². The van der Waals surface area contributed by atoms with Gasteiger partial charge in [-0.2, -0.15) is 4.31 Å². The first kappa shape index (κ1) is 14.8. The van der Waals surface area contributed by atoms with E-state index in [0.29, 0.717) is 36.6 Å². The highest BCUT2D eigenvalue weighted by Crippen LogP contribution is 2.53. The first-order chi connectivity index (χ1) is 9.95. The molecule has 0 amide bonds. The highest BCUT2D eigenvalue weighted by atomic mass is 32.2. The summed E-state index contributed by atoms with van der Waals surface area (Å²) in [6.07, 6.45) is 0. The molecule has 116 valence electrons. The zero-order chi connectivity index (χ0) is 15.2. The first-order valence-corrected chi connectivity index (χ1v) is 8.67. The van der Waals surface area contributed by atoms with Gasteiger partial charge in [0.2, 0.25) is 10.0 Å². The highest BCUT2D eigenvalue weighted by molar-refractivity contribution is 7.89. The zero-order valence-electron chi connectivity index (χ0n) is 12.7. The average molecular weight is 310 g/mol. The van der Waals surface area contributed by atoms with E-state index in [9.17, 15) is 8.42 Å². The van der Waals surface area contributed by atoms with Crippen molar-refractivity contribution in [2.24, 2.45) is 17.8 Å². The molecule has 3 rings (SSSR count). The molecule has 21 heavy (non-hydrogen) atoms. The molecule has 1 unspecified atom stereocenters. The Morgan fingerprint density at radius 3 is 2.43 bits per heavy atom. The number of nitrogens with zero attached hydrogens (tertiary/aromatic N) is 2. The van der Waals surface area contributed by atoms with Crippen molar-refractivity contribution in [1.82, 2.24) is 9.21 Å². The standard InChI is InChI=1S/C15H22N2O3S/c1-16(2)8-11-12-9-17(10-13(11)12)21(18,19)15-7-5-4-6-14(15)20-3/h4-7,11-13H,8-10H2,1-3H3/t11?,12-,13+. The molecule has 1 saturated carbocycles. The number of piperidine rings is 1. The van der Waals surface area contributed by atoms with Gasteiger partial charge in [-0.05, 0) is 44.0 Å². The lowest BCUT2D eigenvalue weighted by atomic mass is 10.3. The van der Waals surface area contributed by atoms with Gasteiger partial charge in [-0.1, -0.05) is 12.1 Å². The van der Waals surface area contributed by atoms with Crippen LogP contribution in [-0.2, 0) is 10.0 Å². The largest absolute Gasteiger partial charge is 0.495 e. The van der Waals surface area contributed by atoms with Gasteiger partial charge in [0.05, 0.1) is 7.11 Å². The van der Waals surface area contributed by atoms with Crippen LogP contribution >= 0.6 is 0 Å². The molecular weight excluding hydrogens is 288 g/mol. The maximum Gasteiger partial charge on any atom is 0.246 e. The Labute approximate surface area is 126 Å². The SMILES string of the molecule is COc1ccccc1S(=O)(=O)N1C[C@@H]2C(CN(C)C)[C@@H]2C1. The Balaban J connectivity index is 1.74. The Morgan fingerprint density at radius 2 is 1.86 bits per heavy atom. The molecule has 0 bridgehead atoms. The number of para-hydroxylation sites is 1. The highest BCUT2D eigenvalue weighted by Gasteiger charge is 2.57. The summed E-state index contributed by atoms with van der Waals surface area (Å²) in [4.78, 5) is 2.46. The summed E-state index contributed by atoms with van der Waals surface area (Å²) in [5.74, 6) is 2.13. The summed E-state index contributed by atoms with van der Waals surface area (Å²) in [5.41, 5.74) is 0. The number of ether oxygens (including phenoxy) is 1. The number of rotatable bonds is 5. The van der Waals surface area contributed by atoms with Crippen molar-refractivity contribution in [3.05, 3.63) is 24.3 Å². The second kappa shape index (κ2) is 5.26. The van der Waals surface area contributed by atoms with Crippen molar-refractivity contribution >= 4 is 10.0 Å².